The molecule has 0 spiro atoms. The topological polar surface area (TPSA) is 46.2 Å². The summed E-state index contributed by atoms with van der Waals surface area (Å²) >= 11 is 0. The summed E-state index contributed by atoms with van der Waals surface area (Å²) in [6, 6.07) is 0. The number of carbonyl (C=O) groups excluding carboxylic acids is 2. The predicted molar refractivity (Wildman–Crippen MR) is 50.1 cm³/mol. The van der Waals surface area contributed by atoms with Crippen LogP contribution in [0.5, 0.6) is 0 Å². The number of hydrogen-bond donors (Lipinski definition) is 1. The van der Waals surface area contributed by atoms with Gasteiger partial charge in [-0.25, -0.2) is 0 Å². The molecule has 0 unspecified atom stereocenters. The Morgan fingerprint density at radius 3 is 2.08 bits per heavy atom. The first-order valence-electron chi connectivity index (χ1n) is 4.83. The van der Waals surface area contributed by atoms with Crippen molar-refractivity contribution in [3.63, 3.8) is 0 Å². The molecule has 1 fully saturated rings. The third-order valence-electron chi connectivity index (χ3n) is 2.79. The molecule has 0 radical (unpaired) electrons. The zero-order chi connectivity index (χ0) is 10.0. The lowest BCUT2D eigenvalue weighted by Gasteiger charge is -2.34. The highest BCUT2D eigenvalue weighted by molar-refractivity contribution is 5.91. The molecular formula is C10H17NO2. The molecule has 0 saturated heterocycles. The lowest BCUT2D eigenvalue weighted by Crippen LogP contribution is -2.44. The van der Waals surface area contributed by atoms with Crippen molar-refractivity contribution in [1.82, 2.24) is 5.32 Å². The third kappa shape index (κ3) is 1.90. The van der Waals surface area contributed by atoms with E-state index in [9.17, 15) is 9.59 Å². The van der Waals surface area contributed by atoms with Crippen molar-refractivity contribution < 1.29 is 9.59 Å². The molecule has 13 heavy (non-hydrogen) atoms. The fourth-order valence-electron chi connectivity index (χ4n) is 1.77. The van der Waals surface area contributed by atoms with Gasteiger partial charge in [0.15, 0.2) is 0 Å². The van der Waals surface area contributed by atoms with Gasteiger partial charge in [0.2, 0.25) is 5.91 Å². The van der Waals surface area contributed by atoms with E-state index in [-0.39, 0.29) is 29.4 Å². The van der Waals surface area contributed by atoms with Crippen molar-refractivity contribution in [3.8, 4) is 0 Å². The van der Waals surface area contributed by atoms with Crippen LogP contribution in [-0.2, 0) is 9.59 Å². The second kappa shape index (κ2) is 3.90. The normalized spacial score (nSPS) is 26.8. The molecule has 1 aliphatic rings. The molecule has 74 valence electrons. The van der Waals surface area contributed by atoms with E-state index in [1.807, 2.05) is 13.8 Å². The van der Waals surface area contributed by atoms with E-state index in [2.05, 4.69) is 5.32 Å². The fourth-order valence-corrected chi connectivity index (χ4v) is 1.77. The van der Waals surface area contributed by atoms with Crippen LogP contribution >= 0.6 is 0 Å². The molecule has 0 aromatic heterocycles. The van der Waals surface area contributed by atoms with Crippen LogP contribution in [0.15, 0.2) is 0 Å². The van der Waals surface area contributed by atoms with E-state index in [0.717, 1.165) is 12.8 Å². The number of hydrogen-bond acceptors (Lipinski definition) is 2. The summed E-state index contributed by atoms with van der Waals surface area (Å²) in [5.41, 5.74) is 0. The van der Waals surface area contributed by atoms with Gasteiger partial charge in [0.1, 0.15) is 5.78 Å². The maximum atomic E-state index is 11.6. The van der Waals surface area contributed by atoms with E-state index in [1.165, 1.54) is 0 Å². The van der Waals surface area contributed by atoms with Gasteiger partial charge in [-0.15, -0.1) is 0 Å². The molecule has 3 heteroatoms. The van der Waals surface area contributed by atoms with E-state index in [1.54, 1.807) is 7.05 Å². The average Bonchev–Trinajstić information content (AvgIpc) is 2.01. The molecule has 0 bridgehead atoms. The van der Waals surface area contributed by atoms with Gasteiger partial charge < -0.3 is 5.32 Å². The largest absolute Gasteiger partial charge is 0.359 e. The summed E-state index contributed by atoms with van der Waals surface area (Å²) in [7, 11) is 1.62. The van der Waals surface area contributed by atoms with Gasteiger partial charge in [-0.1, -0.05) is 13.8 Å². The molecule has 1 N–H and O–H groups in total. The second-order valence-corrected chi connectivity index (χ2v) is 3.96. The molecule has 0 aromatic carbocycles. The van der Waals surface area contributed by atoms with Gasteiger partial charge in [0, 0.05) is 24.8 Å². The Kier molecular flexibility index (Phi) is 3.07. The molecule has 1 saturated carbocycles. The molecule has 1 aliphatic carbocycles. The van der Waals surface area contributed by atoms with Gasteiger partial charge in [0.05, 0.1) is 0 Å². The highest BCUT2D eigenvalue weighted by Gasteiger charge is 2.41. The maximum Gasteiger partial charge on any atom is 0.223 e. The second-order valence-electron chi connectivity index (χ2n) is 3.96. The molecular weight excluding hydrogens is 166 g/mol. The highest BCUT2D eigenvalue weighted by Crippen LogP contribution is 2.36. The van der Waals surface area contributed by atoms with Crippen molar-refractivity contribution in [3.05, 3.63) is 0 Å². The summed E-state index contributed by atoms with van der Waals surface area (Å²) < 4.78 is 0. The Morgan fingerprint density at radius 2 is 1.77 bits per heavy atom. The number of rotatable bonds is 3. The number of amides is 1. The van der Waals surface area contributed by atoms with Crippen LogP contribution in [0.25, 0.3) is 0 Å². The van der Waals surface area contributed by atoms with Gasteiger partial charge >= 0.3 is 0 Å². The quantitative estimate of drug-likeness (QED) is 0.709. The summed E-state index contributed by atoms with van der Waals surface area (Å²) in [6.07, 6.45) is 1.75. The molecule has 3 nitrogen and oxygen atoms in total. The Morgan fingerprint density at radius 1 is 1.23 bits per heavy atom. The van der Waals surface area contributed by atoms with Gasteiger partial charge in [-0.05, 0) is 12.8 Å². The zero-order valence-corrected chi connectivity index (χ0v) is 8.46. The van der Waals surface area contributed by atoms with Gasteiger partial charge in [0.25, 0.3) is 0 Å². The monoisotopic (exact) mass is 183 g/mol. The first-order chi connectivity index (χ1) is 6.07. The van der Waals surface area contributed by atoms with Crippen LogP contribution in [-0.4, -0.2) is 18.7 Å². The Bertz CT molecular complexity index is 223. The van der Waals surface area contributed by atoms with Crippen molar-refractivity contribution >= 4 is 11.7 Å². The molecule has 0 heterocycles. The SMILES string of the molecule is CNC(=O)[C@H]1CC[C@H]1C(=O)C(C)C. The fraction of sp³-hybridized carbons (Fsp3) is 0.800. The molecule has 0 aliphatic heterocycles. The summed E-state index contributed by atoms with van der Waals surface area (Å²) in [6.45, 7) is 3.78. The standard InChI is InChI=1S/C10H17NO2/c1-6(2)9(12)7-4-5-8(7)10(13)11-3/h6-8H,4-5H2,1-3H3,(H,11,13)/t7-,8+/m1/s1. The first kappa shape index (κ1) is 10.2. The van der Waals surface area contributed by atoms with Crippen LogP contribution in [0.1, 0.15) is 26.7 Å². The van der Waals surface area contributed by atoms with E-state index < -0.39 is 0 Å². The number of ketones is 1. The van der Waals surface area contributed by atoms with Crippen molar-refractivity contribution in [2.45, 2.75) is 26.7 Å². The first-order valence-corrected chi connectivity index (χ1v) is 4.83. The molecule has 2 atom stereocenters. The third-order valence-corrected chi connectivity index (χ3v) is 2.79. The number of carbonyl (C=O) groups is 2. The minimum atomic E-state index is -0.0556. The van der Waals surface area contributed by atoms with Gasteiger partial charge in [-0.3, -0.25) is 9.59 Å². The van der Waals surface area contributed by atoms with Crippen molar-refractivity contribution in [2.75, 3.05) is 7.05 Å². The Labute approximate surface area is 78.9 Å². The molecule has 0 aromatic rings. The van der Waals surface area contributed by atoms with Crippen LogP contribution in [0.2, 0.25) is 0 Å². The molecule has 1 rings (SSSR count). The highest BCUT2D eigenvalue weighted by atomic mass is 16.2. The zero-order valence-electron chi connectivity index (χ0n) is 8.46. The Hall–Kier alpha value is -0.860. The molecule has 1 amide bonds. The number of Topliss-reactive ketones (excluding diaryl/α,β-unsaturated/α-hetero) is 1. The predicted octanol–water partition coefficient (Wildman–Crippen LogP) is 0.984. The van der Waals surface area contributed by atoms with Crippen molar-refractivity contribution in [1.29, 1.82) is 0 Å². The van der Waals surface area contributed by atoms with Crippen LogP contribution in [0, 0.1) is 17.8 Å². The lowest BCUT2D eigenvalue weighted by atomic mass is 9.69. The minimum absolute atomic E-state index is 0.0139. The van der Waals surface area contributed by atoms with E-state index in [4.69, 9.17) is 0 Å². The van der Waals surface area contributed by atoms with E-state index >= 15 is 0 Å². The smallest absolute Gasteiger partial charge is 0.223 e. The summed E-state index contributed by atoms with van der Waals surface area (Å²) in [5, 5.41) is 2.60. The van der Waals surface area contributed by atoms with Crippen LogP contribution in [0.4, 0.5) is 0 Å². The lowest BCUT2D eigenvalue weighted by molar-refractivity contribution is -0.140. The van der Waals surface area contributed by atoms with Crippen LogP contribution < -0.4 is 5.32 Å². The van der Waals surface area contributed by atoms with Crippen molar-refractivity contribution in [2.24, 2.45) is 17.8 Å². The van der Waals surface area contributed by atoms with Crippen LogP contribution in [0.3, 0.4) is 0 Å². The average molecular weight is 183 g/mol. The van der Waals surface area contributed by atoms with Gasteiger partial charge in [-0.2, -0.15) is 0 Å². The number of nitrogens with one attached hydrogen (secondary N) is 1. The summed E-state index contributed by atoms with van der Waals surface area (Å²) in [4.78, 5) is 22.8. The Balaban J connectivity index is 2.54. The van der Waals surface area contributed by atoms with E-state index in [0.29, 0.717) is 0 Å². The maximum absolute atomic E-state index is 11.6. The minimum Gasteiger partial charge on any atom is -0.359 e. The summed E-state index contributed by atoms with van der Waals surface area (Å²) in [5.74, 6) is 0.238.